The molecule has 0 heterocycles. The maximum atomic E-state index is 9.62. The molecule has 0 amide bonds. The van der Waals surface area contributed by atoms with Crippen LogP contribution in [0, 0.1) is 0 Å². The van der Waals surface area contributed by atoms with E-state index < -0.39 is 11.2 Å². The van der Waals surface area contributed by atoms with Gasteiger partial charge in [0.2, 0.25) is 0 Å². The number of carboxylic acid groups (broad SMARTS) is 1. The Morgan fingerprint density at radius 1 is 1.12 bits per heavy atom. The molecule has 1 unspecified atom stereocenters. The van der Waals surface area contributed by atoms with Gasteiger partial charge >= 0.3 is 5.97 Å². The van der Waals surface area contributed by atoms with Crippen molar-refractivity contribution in [3.63, 3.8) is 0 Å². The molecule has 0 spiro atoms. The SMILES string of the molecule is CC(S)C(=O)O.[Fe].[cH-]1[cH-][cH-][cH-][cH-]1.c1cc[cH-]c1. The van der Waals surface area contributed by atoms with E-state index in [9.17, 15) is 4.79 Å². The Labute approximate surface area is 118 Å². The van der Waals surface area contributed by atoms with Gasteiger partial charge in [-0.2, -0.15) is 30.8 Å². The summed E-state index contributed by atoms with van der Waals surface area (Å²) in [6.07, 6.45) is 0. The van der Waals surface area contributed by atoms with Gasteiger partial charge in [0.05, 0.1) is 5.25 Å². The number of aliphatic carboxylic acids is 1. The molecule has 0 aliphatic heterocycles. The molecular formula is C13H16FeO2S-6. The molecule has 2 aromatic carbocycles. The summed E-state index contributed by atoms with van der Waals surface area (Å²) in [6, 6.07) is 20.0. The Balaban J connectivity index is 0. The Morgan fingerprint density at radius 2 is 1.41 bits per heavy atom. The fraction of sp³-hybridized carbons (Fsp3) is 0.154. The zero-order chi connectivity index (χ0) is 12.2. The number of carbonyl (C=O) groups is 1. The predicted molar refractivity (Wildman–Crippen MR) is 70.2 cm³/mol. The van der Waals surface area contributed by atoms with E-state index in [1.165, 1.54) is 6.92 Å². The zero-order valence-corrected chi connectivity index (χ0v) is 11.5. The third-order valence-corrected chi connectivity index (χ3v) is 1.69. The Bertz CT molecular complexity index is 268. The summed E-state index contributed by atoms with van der Waals surface area (Å²) in [5, 5.41) is 7.38. The van der Waals surface area contributed by atoms with Crippen LogP contribution in [0.15, 0.2) is 60.7 Å². The van der Waals surface area contributed by atoms with Crippen molar-refractivity contribution in [2.24, 2.45) is 0 Å². The predicted octanol–water partition coefficient (Wildman–Crippen LogP) is 3.20. The van der Waals surface area contributed by atoms with Crippen molar-refractivity contribution in [1.82, 2.24) is 0 Å². The summed E-state index contributed by atoms with van der Waals surface area (Å²) >= 11 is 3.59. The number of hydrogen-bond donors (Lipinski definition) is 2. The number of rotatable bonds is 1. The molecule has 2 aromatic rings. The maximum Gasteiger partial charge on any atom is 0.316 e. The van der Waals surface area contributed by atoms with Gasteiger partial charge in [0.25, 0.3) is 0 Å². The van der Waals surface area contributed by atoms with E-state index in [4.69, 9.17) is 5.11 Å². The monoisotopic (exact) mass is 292 g/mol. The molecule has 0 saturated carbocycles. The van der Waals surface area contributed by atoms with E-state index in [0.29, 0.717) is 0 Å². The van der Waals surface area contributed by atoms with Crippen LogP contribution < -0.4 is 0 Å². The fourth-order valence-corrected chi connectivity index (χ4v) is 0.642. The van der Waals surface area contributed by atoms with Gasteiger partial charge in [-0.25, -0.2) is 12.1 Å². The van der Waals surface area contributed by atoms with Crippen LogP contribution in [0.3, 0.4) is 0 Å². The standard InChI is InChI=1S/2C5H5.C3H6O2S.Fe/c2*1-2-4-5-3-1;1-2(6)3(4)5;/h2*1-5H;2,6H,1H3,(H,4,5);/q-5;-1;;. The normalized spacial score (nSPS) is 9.53. The zero-order valence-electron chi connectivity index (χ0n) is 9.51. The smallest absolute Gasteiger partial charge is 0.316 e. The summed E-state index contributed by atoms with van der Waals surface area (Å²) in [5.74, 6) is -0.877. The third kappa shape index (κ3) is 15.0. The van der Waals surface area contributed by atoms with E-state index in [0.717, 1.165) is 0 Å². The molecule has 2 nitrogen and oxygen atoms in total. The van der Waals surface area contributed by atoms with Gasteiger partial charge in [0, 0.05) is 17.1 Å². The Hall–Kier alpha value is -0.961. The molecule has 1 N–H and O–H groups in total. The van der Waals surface area contributed by atoms with E-state index in [1.54, 1.807) is 0 Å². The van der Waals surface area contributed by atoms with Crippen molar-refractivity contribution in [1.29, 1.82) is 0 Å². The van der Waals surface area contributed by atoms with Gasteiger partial charge in [0.15, 0.2) is 0 Å². The molecule has 17 heavy (non-hydrogen) atoms. The Morgan fingerprint density at radius 3 is 1.53 bits per heavy atom. The van der Waals surface area contributed by atoms with Crippen LogP contribution in [0.25, 0.3) is 0 Å². The molecule has 2 rings (SSSR count). The second-order valence-electron chi connectivity index (χ2n) is 2.94. The molecule has 0 aromatic heterocycles. The van der Waals surface area contributed by atoms with Crippen molar-refractivity contribution < 1.29 is 27.0 Å². The third-order valence-electron chi connectivity index (χ3n) is 1.47. The van der Waals surface area contributed by atoms with E-state index in [1.807, 2.05) is 60.7 Å². The van der Waals surface area contributed by atoms with Gasteiger partial charge in [-0.15, -0.1) is 0 Å². The first kappa shape index (κ1) is 18.4. The second kappa shape index (κ2) is 13.1. The molecule has 0 aliphatic carbocycles. The molecule has 0 radical (unpaired) electrons. The molecule has 0 saturated heterocycles. The largest absolute Gasteiger partial charge is 0.748 e. The molecule has 0 aliphatic rings. The van der Waals surface area contributed by atoms with Crippen LogP contribution in [-0.2, 0) is 21.9 Å². The number of thiol groups is 1. The van der Waals surface area contributed by atoms with Gasteiger partial charge in [-0.1, -0.05) is 0 Å². The number of carboxylic acids is 1. The van der Waals surface area contributed by atoms with Crippen molar-refractivity contribution in [3.05, 3.63) is 60.7 Å². The van der Waals surface area contributed by atoms with Crippen LogP contribution in [-0.4, -0.2) is 16.3 Å². The van der Waals surface area contributed by atoms with Crippen LogP contribution in [0.1, 0.15) is 6.92 Å². The minimum absolute atomic E-state index is 0. The van der Waals surface area contributed by atoms with Crippen molar-refractivity contribution in [2.45, 2.75) is 12.2 Å². The number of hydrogen-bond acceptors (Lipinski definition) is 2. The van der Waals surface area contributed by atoms with Crippen LogP contribution in [0.4, 0.5) is 0 Å². The summed E-state index contributed by atoms with van der Waals surface area (Å²) in [6.45, 7) is 1.51. The average molecular weight is 292 g/mol. The van der Waals surface area contributed by atoms with Crippen molar-refractivity contribution >= 4 is 18.6 Å². The summed E-state index contributed by atoms with van der Waals surface area (Å²) in [5.41, 5.74) is 0. The minimum atomic E-state index is -0.877. The fourth-order valence-electron chi connectivity index (χ4n) is 0.642. The first-order valence-corrected chi connectivity index (χ1v) is 5.40. The quantitative estimate of drug-likeness (QED) is 0.481. The second-order valence-corrected chi connectivity index (χ2v) is 3.71. The van der Waals surface area contributed by atoms with Crippen LogP contribution in [0.5, 0.6) is 0 Å². The average Bonchev–Trinajstić information content (AvgIpc) is 2.97. The summed E-state index contributed by atoms with van der Waals surface area (Å²) in [7, 11) is 0. The van der Waals surface area contributed by atoms with Gasteiger partial charge in [0.1, 0.15) is 0 Å². The topological polar surface area (TPSA) is 37.3 Å². The molecule has 100 valence electrons. The van der Waals surface area contributed by atoms with Gasteiger partial charge < -0.3 is 35.4 Å². The first-order chi connectivity index (χ1) is 7.64. The van der Waals surface area contributed by atoms with E-state index in [-0.39, 0.29) is 17.1 Å². The van der Waals surface area contributed by atoms with Crippen LogP contribution >= 0.6 is 12.6 Å². The minimum Gasteiger partial charge on any atom is -0.748 e. The van der Waals surface area contributed by atoms with E-state index in [2.05, 4.69) is 12.6 Å². The van der Waals surface area contributed by atoms with Crippen molar-refractivity contribution in [2.75, 3.05) is 0 Å². The summed E-state index contributed by atoms with van der Waals surface area (Å²) in [4.78, 5) is 9.62. The van der Waals surface area contributed by atoms with Gasteiger partial charge in [-0.05, 0) is 6.92 Å². The van der Waals surface area contributed by atoms with Crippen LogP contribution in [0.2, 0.25) is 0 Å². The van der Waals surface area contributed by atoms with Gasteiger partial charge in [-0.3, -0.25) is 4.79 Å². The molecule has 0 fully saturated rings. The molecule has 1 atom stereocenters. The molecular weight excluding hydrogens is 276 g/mol. The first-order valence-electron chi connectivity index (χ1n) is 4.89. The van der Waals surface area contributed by atoms with E-state index >= 15 is 0 Å². The molecule has 0 bridgehead atoms. The Kier molecular flexibility index (Phi) is 14.2. The summed E-state index contributed by atoms with van der Waals surface area (Å²) < 4.78 is 0. The van der Waals surface area contributed by atoms with Crippen molar-refractivity contribution in [3.8, 4) is 0 Å². The molecule has 4 heteroatoms. The maximum absolute atomic E-state index is 9.62.